The number of nitrogens with two attached hydrogens (primary N) is 1. The number of carbonyl (C=O) groups is 1. The molecule has 0 spiro atoms. The third kappa shape index (κ3) is 1.62. The largest absolute Gasteiger partial charge is 0.504 e. The number of amides is 1. The molecular formula is C10H10FNO4. The van der Waals surface area contributed by atoms with Gasteiger partial charge in [0.05, 0.1) is 13.2 Å². The van der Waals surface area contributed by atoms with Gasteiger partial charge in [-0.05, 0) is 0 Å². The SMILES string of the molecule is NC(=O)c1c(O)c(F)cc2c1OCCCO2. The van der Waals surface area contributed by atoms with Crippen LogP contribution in [0.1, 0.15) is 16.8 Å². The molecule has 0 aliphatic carbocycles. The van der Waals surface area contributed by atoms with Crippen LogP contribution in [0.3, 0.4) is 0 Å². The summed E-state index contributed by atoms with van der Waals surface area (Å²) in [5, 5.41) is 9.40. The van der Waals surface area contributed by atoms with E-state index in [1.165, 1.54) is 0 Å². The highest BCUT2D eigenvalue weighted by molar-refractivity contribution is 5.99. The van der Waals surface area contributed by atoms with Crippen molar-refractivity contribution in [2.75, 3.05) is 13.2 Å². The van der Waals surface area contributed by atoms with E-state index in [0.29, 0.717) is 19.6 Å². The van der Waals surface area contributed by atoms with Gasteiger partial charge in [0, 0.05) is 12.5 Å². The fraction of sp³-hybridized carbons (Fsp3) is 0.300. The molecule has 1 aliphatic heterocycles. The minimum atomic E-state index is -0.960. The summed E-state index contributed by atoms with van der Waals surface area (Å²) in [6.07, 6.45) is 0.606. The Bertz CT molecular complexity index is 447. The fourth-order valence-electron chi connectivity index (χ4n) is 1.49. The van der Waals surface area contributed by atoms with E-state index < -0.39 is 17.5 Å². The summed E-state index contributed by atoms with van der Waals surface area (Å²) in [4.78, 5) is 11.1. The quantitative estimate of drug-likeness (QED) is 0.743. The molecule has 1 aliphatic rings. The van der Waals surface area contributed by atoms with E-state index in [-0.39, 0.29) is 17.1 Å². The van der Waals surface area contributed by atoms with Gasteiger partial charge in [-0.2, -0.15) is 0 Å². The lowest BCUT2D eigenvalue weighted by atomic mass is 10.1. The molecule has 0 unspecified atom stereocenters. The zero-order chi connectivity index (χ0) is 11.7. The first kappa shape index (κ1) is 10.5. The van der Waals surface area contributed by atoms with Crippen molar-refractivity contribution in [3.63, 3.8) is 0 Å². The molecule has 1 aromatic rings. The van der Waals surface area contributed by atoms with Crippen molar-refractivity contribution in [3.8, 4) is 17.2 Å². The van der Waals surface area contributed by atoms with E-state index in [4.69, 9.17) is 15.2 Å². The number of fused-ring (bicyclic) bond motifs is 1. The van der Waals surface area contributed by atoms with E-state index in [1.807, 2.05) is 0 Å². The Morgan fingerprint density at radius 2 is 2.12 bits per heavy atom. The normalized spacial score (nSPS) is 14.3. The molecule has 6 heteroatoms. The van der Waals surface area contributed by atoms with Crippen LogP contribution in [-0.4, -0.2) is 24.2 Å². The second kappa shape index (κ2) is 3.88. The molecule has 0 saturated heterocycles. The number of ether oxygens (including phenoxy) is 2. The second-order valence-electron chi connectivity index (χ2n) is 3.32. The molecule has 16 heavy (non-hydrogen) atoms. The topological polar surface area (TPSA) is 81.8 Å². The fourth-order valence-corrected chi connectivity index (χ4v) is 1.49. The van der Waals surface area contributed by atoms with Crippen LogP contribution in [0.5, 0.6) is 17.2 Å². The molecule has 86 valence electrons. The van der Waals surface area contributed by atoms with Gasteiger partial charge in [0.25, 0.3) is 5.91 Å². The summed E-state index contributed by atoms with van der Waals surface area (Å²) in [5.41, 5.74) is 4.68. The maximum absolute atomic E-state index is 13.3. The van der Waals surface area contributed by atoms with Crippen LogP contribution < -0.4 is 15.2 Å². The molecule has 0 radical (unpaired) electrons. The summed E-state index contributed by atoms with van der Waals surface area (Å²) in [7, 11) is 0. The van der Waals surface area contributed by atoms with Crippen LogP contribution in [-0.2, 0) is 0 Å². The molecular weight excluding hydrogens is 217 g/mol. The summed E-state index contributed by atoms with van der Waals surface area (Å²) in [5.74, 6) is -2.64. The minimum Gasteiger partial charge on any atom is -0.504 e. The Morgan fingerprint density at radius 1 is 1.44 bits per heavy atom. The van der Waals surface area contributed by atoms with Gasteiger partial charge in [0.1, 0.15) is 5.56 Å². The first-order chi connectivity index (χ1) is 7.61. The summed E-state index contributed by atoms with van der Waals surface area (Å²) in [6, 6.07) is 0.975. The predicted octanol–water partition coefficient (Wildman–Crippen LogP) is 0.791. The van der Waals surface area contributed by atoms with Crippen molar-refractivity contribution in [1.29, 1.82) is 0 Å². The number of halogens is 1. The highest BCUT2D eigenvalue weighted by Crippen LogP contribution is 2.40. The lowest BCUT2D eigenvalue weighted by Crippen LogP contribution is -2.14. The number of aromatic hydroxyl groups is 1. The maximum Gasteiger partial charge on any atom is 0.256 e. The molecule has 0 aromatic heterocycles. The van der Waals surface area contributed by atoms with Crippen molar-refractivity contribution in [2.24, 2.45) is 5.73 Å². The number of rotatable bonds is 1. The van der Waals surface area contributed by atoms with E-state index in [0.717, 1.165) is 6.07 Å². The van der Waals surface area contributed by atoms with Gasteiger partial charge in [-0.15, -0.1) is 0 Å². The minimum absolute atomic E-state index is 0.00361. The van der Waals surface area contributed by atoms with Gasteiger partial charge in [-0.25, -0.2) is 4.39 Å². The molecule has 3 N–H and O–H groups in total. The van der Waals surface area contributed by atoms with Gasteiger partial charge in [0.2, 0.25) is 0 Å². The molecule has 1 amide bonds. The first-order valence-electron chi connectivity index (χ1n) is 4.72. The molecule has 0 saturated carbocycles. The molecule has 2 rings (SSSR count). The summed E-state index contributed by atoms with van der Waals surface area (Å²) in [6.45, 7) is 0.674. The second-order valence-corrected chi connectivity index (χ2v) is 3.32. The van der Waals surface area contributed by atoms with Crippen LogP contribution in [0.15, 0.2) is 6.07 Å². The zero-order valence-electron chi connectivity index (χ0n) is 8.33. The van der Waals surface area contributed by atoms with E-state index in [9.17, 15) is 14.3 Å². The van der Waals surface area contributed by atoms with Crippen molar-refractivity contribution >= 4 is 5.91 Å². The first-order valence-corrected chi connectivity index (χ1v) is 4.72. The lowest BCUT2D eigenvalue weighted by Gasteiger charge is -2.12. The van der Waals surface area contributed by atoms with Crippen LogP contribution in [0.25, 0.3) is 0 Å². The summed E-state index contributed by atoms with van der Waals surface area (Å²) >= 11 is 0. The molecule has 0 bridgehead atoms. The van der Waals surface area contributed by atoms with E-state index in [2.05, 4.69) is 0 Å². The Hall–Kier alpha value is -1.98. The van der Waals surface area contributed by atoms with Gasteiger partial charge in [0.15, 0.2) is 23.1 Å². The average Bonchev–Trinajstić information content (AvgIpc) is 2.44. The van der Waals surface area contributed by atoms with Crippen molar-refractivity contribution in [3.05, 3.63) is 17.4 Å². The third-order valence-electron chi connectivity index (χ3n) is 2.21. The smallest absolute Gasteiger partial charge is 0.256 e. The highest BCUT2D eigenvalue weighted by Gasteiger charge is 2.25. The maximum atomic E-state index is 13.3. The number of benzene rings is 1. The van der Waals surface area contributed by atoms with Crippen molar-refractivity contribution < 1.29 is 23.8 Å². The molecule has 5 nitrogen and oxygen atoms in total. The van der Waals surface area contributed by atoms with Crippen LogP contribution in [0.2, 0.25) is 0 Å². The van der Waals surface area contributed by atoms with Gasteiger partial charge in [-0.1, -0.05) is 0 Å². The zero-order valence-corrected chi connectivity index (χ0v) is 8.33. The molecule has 1 aromatic carbocycles. The number of hydrogen-bond acceptors (Lipinski definition) is 4. The third-order valence-corrected chi connectivity index (χ3v) is 2.21. The Labute approximate surface area is 90.6 Å². The monoisotopic (exact) mass is 227 g/mol. The van der Waals surface area contributed by atoms with Gasteiger partial charge < -0.3 is 20.3 Å². The van der Waals surface area contributed by atoms with Crippen LogP contribution in [0.4, 0.5) is 4.39 Å². The lowest BCUT2D eigenvalue weighted by molar-refractivity contribution is 0.0992. The van der Waals surface area contributed by atoms with Crippen molar-refractivity contribution in [1.82, 2.24) is 0 Å². The number of phenols is 1. The van der Waals surface area contributed by atoms with Gasteiger partial charge in [-0.3, -0.25) is 4.79 Å². The molecule has 0 fully saturated rings. The number of hydrogen-bond donors (Lipinski definition) is 2. The highest BCUT2D eigenvalue weighted by atomic mass is 19.1. The summed E-state index contributed by atoms with van der Waals surface area (Å²) < 4.78 is 23.7. The van der Waals surface area contributed by atoms with Crippen LogP contribution >= 0.6 is 0 Å². The number of primary amides is 1. The van der Waals surface area contributed by atoms with Crippen molar-refractivity contribution in [2.45, 2.75) is 6.42 Å². The van der Waals surface area contributed by atoms with E-state index in [1.54, 1.807) is 0 Å². The predicted molar refractivity (Wildman–Crippen MR) is 52.2 cm³/mol. The standard InChI is InChI=1S/C10H10FNO4/c11-5-4-6-9(16-3-1-2-15-6)7(8(5)13)10(12)14/h4,13H,1-3H2,(H2,12,14). The Balaban J connectivity index is 2.65. The molecule has 1 heterocycles. The van der Waals surface area contributed by atoms with Crippen LogP contribution in [0, 0.1) is 5.82 Å². The Morgan fingerprint density at radius 3 is 2.81 bits per heavy atom. The average molecular weight is 227 g/mol. The van der Waals surface area contributed by atoms with Gasteiger partial charge >= 0.3 is 0 Å². The van der Waals surface area contributed by atoms with E-state index >= 15 is 0 Å². The number of carbonyl (C=O) groups excluding carboxylic acids is 1. The molecule has 0 atom stereocenters. The Kier molecular flexibility index (Phi) is 2.55.